The summed E-state index contributed by atoms with van der Waals surface area (Å²) >= 11 is 0. The molecule has 2 fully saturated rings. The van der Waals surface area contributed by atoms with E-state index in [1.807, 2.05) is 37.3 Å². The minimum absolute atomic E-state index is 0.0847. The first-order chi connectivity index (χ1) is 20.6. The molecule has 0 aliphatic carbocycles. The molecule has 2 aromatic rings. The number of rotatable bonds is 1. The van der Waals surface area contributed by atoms with Crippen molar-refractivity contribution in [1.82, 2.24) is 26.1 Å². The van der Waals surface area contributed by atoms with Crippen LogP contribution in [0.1, 0.15) is 57.8 Å². The number of hydrogen-bond acceptors (Lipinski definition) is 9. The second kappa shape index (κ2) is 12.8. The molecule has 0 saturated carbocycles. The molecule has 43 heavy (non-hydrogen) atoms. The lowest BCUT2D eigenvalue weighted by Crippen LogP contribution is -2.61. The lowest BCUT2D eigenvalue weighted by Gasteiger charge is -2.36. The van der Waals surface area contributed by atoms with Crippen LogP contribution in [0.4, 0.5) is 0 Å². The van der Waals surface area contributed by atoms with Gasteiger partial charge in [-0.15, -0.1) is 0 Å². The highest BCUT2D eigenvalue weighted by atomic mass is 16.6. The summed E-state index contributed by atoms with van der Waals surface area (Å²) in [6.07, 6.45) is 3.29. The summed E-state index contributed by atoms with van der Waals surface area (Å²) in [7, 11) is 0. The number of amides is 3. The highest BCUT2D eigenvalue weighted by molar-refractivity contribution is 5.92. The van der Waals surface area contributed by atoms with Gasteiger partial charge < -0.3 is 24.8 Å². The van der Waals surface area contributed by atoms with Gasteiger partial charge in [-0.3, -0.25) is 24.4 Å². The predicted octanol–water partition coefficient (Wildman–Crippen LogP) is 1.79. The lowest BCUT2D eigenvalue weighted by molar-refractivity contribution is -0.195. The number of aromatic nitrogens is 1. The van der Waals surface area contributed by atoms with Crippen molar-refractivity contribution in [3.05, 3.63) is 47.7 Å². The maximum atomic E-state index is 13.6. The van der Waals surface area contributed by atoms with Gasteiger partial charge in [-0.1, -0.05) is 38.1 Å². The van der Waals surface area contributed by atoms with E-state index in [1.54, 1.807) is 32.9 Å². The average molecular weight is 594 g/mol. The molecular weight excluding hydrogens is 554 g/mol. The van der Waals surface area contributed by atoms with E-state index in [2.05, 4.69) is 16.1 Å². The van der Waals surface area contributed by atoms with Crippen molar-refractivity contribution in [3.63, 3.8) is 0 Å². The van der Waals surface area contributed by atoms with Crippen LogP contribution in [0, 0.1) is 5.92 Å². The average Bonchev–Trinajstić information content (AvgIpc) is 3.01. The van der Waals surface area contributed by atoms with Crippen LogP contribution in [0.15, 0.2) is 36.4 Å². The summed E-state index contributed by atoms with van der Waals surface area (Å²) < 4.78 is 17.3. The number of carbonyl (C=O) groups excluding carboxylic acids is 4. The summed E-state index contributed by atoms with van der Waals surface area (Å²) in [5, 5.41) is 7.97. The number of nitrogens with zero attached hydrogens (tertiary/aromatic N) is 2. The molecule has 12 nitrogen and oxygen atoms in total. The molecule has 5 atom stereocenters. The molecule has 3 amide bonds. The van der Waals surface area contributed by atoms with Gasteiger partial charge in [0.25, 0.3) is 11.8 Å². The number of benzene rings is 1. The molecular formula is C31H39N5O7. The summed E-state index contributed by atoms with van der Waals surface area (Å²) in [5.74, 6) is -2.43. The largest absolute Gasteiger partial charge is 0.450 e. The quantitative estimate of drug-likeness (QED) is 0.421. The first-order valence-corrected chi connectivity index (χ1v) is 14.8. The highest BCUT2D eigenvalue weighted by Crippen LogP contribution is 2.25. The van der Waals surface area contributed by atoms with Gasteiger partial charge in [0, 0.05) is 11.9 Å². The van der Waals surface area contributed by atoms with Gasteiger partial charge in [0.2, 0.25) is 11.5 Å². The molecule has 1 aromatic carbocycles. The van der Waals surface area contributed by atoms with Gasteiger partial charge >= 0.3 is 5.97 Å². The minimum Gasteiger partial charge on any atom is -0.450 e. The Morgan fingerprint density at radius 1 is 1.00 bits per heavy atom. The van der Waals surface area contributed by atoms with Crippen LogP contribution < -0.4 is 16.1 Å². The second-order valence-electron chi connectivity index (χ2n) is 11.7. The van der Waals surface area contributed by atoms with E-state index in [1.165, 1.54) is 5.01 Å². The molecule has 5 bridgehead atoms. The number of hydrogen-bond donors (Lipinski definition) is 3. The van der Waals surface area contributed by atoms with Gasteiger partial charge in [-0.2, -0.15) is 0 Å². The molecule has 12 heteroatoms. The zero-order valence-corrected chi connectivity index (χ0v) is 24.9. The van der Waals surface area contributed by atoms with Crippen molar-refractivity contribution in [1.29, 1.82) is 0 Å². The van der Waals surface area contributed by atoms with E-state index in [-0.39, 0.29) is 19.1 Å². The summed E-state index contributed by atoms with van der Waals surface area (Å²) in [5.41, 5.74) is 3.60. The molecule has 1 spiro atoms. The van der Waals surface area contributed by atoms with Crippen molar-refractivity contribution in [2.45, 2.75) is 70.4 Å². The zero-order valence-electron chi connectivity index (χ0n) is 24.9. The summed E-state index contributed by atoms with van der Waals surface area (Å²) in [6.45, 7) is 7.69. The second-order valence-corrected chi connectivity index (χ2v) is 11.7. The van der Waals surface area contributed by atoms with Crippen molar-refractivity contribution in [2.24, 2.45) is 5.92 Å². The number of carbonyl (C=O) groups is 4. The number of nitrogens with one attached hydrogen (secondary N) is 3. The molecule has 4 heterocycles. The van der Waals surface area contributed by atoms with Crippen LogP contribution in [0.5, 0.6) is 0 Å². The first-order valence-electron chi connectivity index (χ1n) is 14.8. The Kier molecular flexibility index (Phi) is 9.09. The summed E-state index contributed by atoms with van der Waals surface area (Å²) in [4.78, 5) is 58.3. The van der Waals surface area contributed by atoms with Gasteiger partial charge in [0.15, 0.2) is 6.10 Å². The normalized spacial score (nSPS) is 29.5. The highest BCUT2D eigenvalue weighted by Gasteiger charge is 2.44. The SMILES string of the molecule is CC(C)[C@@H]1OC(=O)C2(C=Cc3ccc4ccc(nc4c3)[C@@H](C)NC(=O)[C@@H]3CCCN(N3)C(=O)[C@H](C)NC1=O)COCCO2. The van der Waals surface area contributed by atoms with Crippen LogP contribution in [0.3, 0.4) is 0 Å². The first kappa shape index (κ1) is 30.6. The van der Waals surface area contributed by atoms with Crippen molar-refractivity contribution in [3.8, 4) is 0 Å². The number of cyclic esters (lactones) is 1. The maximum Gasteiger partial charge on any atom is 0.345 e. The van der Waals surface area contributed by atoms with Crippen molar-refractivity contribution >= 4 is 40.7 Å². The van der Waals surface area contributed by atoms with Crippen LogP contribution in [-0.2, 0) is 33.4 Å². The molecule has 2 saturated heterocycles. The standard InChI is InChI=1S/C31H39N5O7/c1-18(2)26-28(38)33-20(4)29(39)36-13-5-6-24(35-36)27(37)32-19(3)23-10-9-22-8-7-21(16-25(22)34-23)11-12-31(30(40)43-26)17-41-14-15-42-31/h7-12,16,18-20,24,26,35H,5-6,13-15,17H2,1-4H3,(H,32,37)(H,33,38)/t19-,20+,24+,26+,31?/m1/s1. The number of esters is 1. The van der Waals surface area contributed by atoms with E-state index in [0.717, 1.165) is 10.9 Å². The third-order valence-corrected chi connectivity index (χ3v) is 7.93. The smallest absolute Gasteiger partial charge is 0.345 e. The van der Waals surface area contributed by atoms with Gasteiger partial charge in [-0.25, -0.2) is 10.2 Å². The number of fused-ring (bicyclic) bond motifs is 4. The van der Waals surface area contributed by atoms with Crippen LogP contribution in [0.2, 0.25) is 0 Å². The zero-order chi connectivity index (χ0) is 30.7. The van der Waals surface area contributed by atoms with Crippen LogP contribution >= 0.6 is 0 Å². The summed E-state index contributed by atoms with van der Waals surface area (Å²) in [6, 6.07) is 7.54. The van der Waals surface area contributed by atoms with E-state index in [0.29, 0.717) is 37.2 Å². The monoisotopic (exact) mass is 593 g/mol. The minimum atomic E-state index is -1.57. The van der Waals surface area contributed by atoms with Gasteiger partial charge in [0.1, 0.15) is 12.1 Å². The van der Waals surface area contributed by atoms with Crippen LogP contribution in [-0.4, -0.2) is 83.8 Å². The van der Waals surface area contributed by atoms with E-state index < -0.39 is 53.5 Å². The van der Waals surface area contributed by atoms with Crippen molar-refractivity contribution < 1.29 is 33.4 Å². The Morgan fingerprint density at radius 3 is 2.51 bits per heavy atom. The van der Waals surface area contributed by atoms with E-state index in [9.17, 15) is 19.2 Å². The molecule has 3 aliphatic rings. The Hall–Kier alpha value is -3.87. The maximum absolute atomic E-state index is 13.6. The lowest BCUT2D eigenvalue weighted by atomic mass is 10.0. The Bertz CT molecular complexity index is 1420. The fraction of sp³-hybridized carbons (Fsp3) is 0.516. The molecule has 0 radical (unpaired) electrons. The number of ether oxygens (including phenoxy) is 3. The van der Waals surface area contributed by atoms with Crippen LogP contribution in [0.25, 0.3) is 17.0 Å². The topological polar surface area (TPSA) is 148 Å². The Labute approximate surface area is 250 Å². The molecule has 3 N–H and O–H groups in total. The molecule has 1 aromatic heterocycles. The fourth-order valence-electron chi connectivity index (χ4n) is 5.38. The predicted molar refractivity (Wildman–Crippen MR) is 157 cm³/mol. The Morgan fingerprint density at radius 2 is 1.77 bits per heavy atom. The fourth-order valence-corrected chi connectivity index (χ4v) is 5.38. The molecule has 5 rings (SSSR count). The van der Waals surface area contributed by atoms with E-state index >= 15 is 0 Å². The van der Waals surface area contributed by atoms with Gasteiger partial charge in [-0.05, 0) is 56.4 Å². The van der Waals surface area contributed by atoms with Crippen molar-refractivity contribution in [2.75, 3.05) is 26.4 Å². The molecule has 3 aliphatic heterocycles. The number of hydrazine groups is 1. The van der Waals surface area contributed by atoms with E-state index in [4.69, 9.17) is 19.2 Å². The molecule has 1 unspecified atom stereocenters. The Balaban J connectivity index is 1.53. The third-order valence-electron chi connectivity index (χ3n) is 7.93. The third kappa shape index (κ3) is 6.71. The van der Waals surface area contributed by atoms with Gasteiger partial charge in [0.05, 0.1) is 37.1 Å². The number of pyridine rings is 1. The molecule has 230 valence electrons.